The van der Waals surface area contributed by atoms with Gasteiger partial charge < -0.3 is 9.73 Å². The normalized spacial score (nSPS) is 10.9. The zero-order valence-electron chi connectivity index (χ0n) is 10.7. The summed E-state index contributed by atoms with van der Waals surface area (Å²) in [5.41, 5.74) is 1.66. The van der Waals surface area contributed by atoms with Gasteiger partial charge in [-0.2, -0.15) is 0 Å². The van der Waals surface area contributed by atoms with Crippen molar-refractivity contribution in [3.05, 3.63) is 58.5 Å². The highest BCUT2D eigenvalue weighted by atomic mass is 35.5. The van der Waals surface area contributed by atoms with Gasteiger partial charge in [-0.25, -0.2) is 0 Å². The molecule has 1 heterocycles. The standard InChI is InChI=1S/C15H14ClNO2/c1-10-3-5-12(16)9-14(10)17-15(18)8-7-13-6-4-11(2)19-13/h3-9H,1-2H3,(H,17,18)/b8-7+. The Kier molecular flexibility index (Phi) is 4.07. The van der Waals surface area contributed by atoms with Crippen LogP contribution in [0.5, 0.6) is 0 Å². The molecule has 4 heteroatoms. The van der Waals surface area contributed by atoms with Crippen molar-refractivity contribution in [2.75, 3.05) is 5.32 Å². The molecule has 2 rings (SSSR count). The molecule has 1 aromatic carbocycles. The lowest BCUT2D eigenvalue weighted by molar-refractivity contribution is -0.111. The molecular formula is C15H14ClNO2. The van der Waals surface area contributed by atoms with Crippen LogP contribution in [-0.2, 0) is 4.79 Å². The van der Waals surface area contributed by atoms with Gasteiger partial charge in [0, 0.05) is 16.8 Å². The molecule has 0 spiro atoms. The Balaban J connectivity index is 2.05. The van der Waals surface area contributed by atoms with E-state index in [1.54, 1.807) is 18.2 Å². The summed E-state index contributed by atoms with van der Waals surface area (Å²) < 4.78 is 5.34. The summed E-state index contributed by atoms with van der Waals surface area (Å²) in [6.45, 7) is 3.76. The first-order chi connectivity index (χ1) is 9.04. The lowest BCUT2D eigenvalue weighted by atomic mass is 10.2. The Morgan fingerprint density at radius 2 is 2.05 bits per heavy atom. The van der Waals surface area contributed by atoms with Gasteiger partial charge in [-0.1, -0.05) is 17.7 Å². The number of hydrogen-bond acceptors (Lipinski definition) is 2. The number of amides is 1. The minimum Gasteiger partial charge on any atom is -0.462 e. The summed E-state index contributed by atoms with van der Waals surface area (Å²) in [5.74, 6) is 1.24. The average molecular weight is 276 g/mol. The molecule has 19 heavy (non-hydrogen) atoms. The summed E-state index contributed by atoms with van der Waals surface area (Å²) in [5, 5.41) is 3.37. The highest BCUT2D eigenvalue weighted by Gasteiger charge is 2.03. The third-order valence-electron chi connectivity index (χ3n) is 2.62. The van der Waals surface area contributed by atoms with Crippen LogP contribution in [0.1, 0.15) is 17.1 Å². The van der Waals surface area contributed by atoms with Gasteiger partial charge in [0.1, 0.15) is 11.5 Å². The molecule has 0 fully saturated rings. The van der Waals surface area contributed by atoms with Crippen LogP contribution in [0.15, 0.2) is 40.8 Å². The van der Waals surface area contributed by atoms with E-state index < -0.39 is 0 Å². The smallest absolute Gasteiger partial charge is 0.248 e. The molecule has 0 saturated heterocycles. The second-order valence-electron chi connectivity index (χ2n) is 4.23. The predicted molar refractivity (Wildman–Crippen MR) is 77.3 cm³/mol. The molecule has 0 aliphatic heterocycles. The van der Waals surface area contributed by atoms with Crippen LogP contribution in [0.25, 0.3) is 6.08 Å². The number of furan rings is 1. The van der Waals surface area contributed by atoms with Gasteiger partial charge in [0.25, 0.3) is 0 Å². The number of rotatable bonds is 3. The fourth-order valence-corrected chi connectivity index (χ4v) is 1.78. The van der Waals surface area contributed by atoms with Crippen LogP contribution in [0.3, 0.4) is 0 Å². The van der Waals surface area contributed by atoms with Gasteiger partial charge in [0.05, 0.1) is 0 Å². The second-order valence-corrected chi connectivity index (χ2v) is 4.67. The molecule has 2 aromatic rings. The van der Waals surface area contributed by atoms with Gasteiger partial charge in [0.15, 0.2) is 0 Å². The first kappa shape index (κ1) is 13.4. The van der Waals surface area contributed by atoms with Crippen LogP contribution < -0.4 is 5.32 Å². The summed E-state index contributed by atoms with van der Waals surface area (Å²) >= 11 is 5.89. The Morgan fingerprint density at radius 1 is 1.26 bits per heavy atom. The van der Waals surface area contributed by atoms with E-state index in [0.717, 1.165) is 11.3 Å². The van der Waals surface area contributed by atoms with Gasteiger partial charge in [0.2, 0.25) is 5.91 Å². The number of aryl methyl sites for hydroxylation is 2. The topological polar surface area (TPSA) is 42.2 Å². The lowest BCUT2D eigenvalue weighted by Crippen LogP contribution is -2.08. The summed E-state index contributed by atoms with van der Waals surface area (Å²) in [7, 11) is 0. The van der Waals surface area contributed by atoms with Crippen molar-refractivity contribution in [3.8, 4) is 0 Å². The van der Waals surface area contributed by atoms with E-state index in [1.807, 2.05) is 32.0 Å². The minimum absolute atomic E-state index is 0.223. The number of carbonyl (C=O) groups is 1. The zero-order chi connectivity index (χ0) is 13.8. The first-order valence-electron chi connectivity index (χ1n) is 5.86. The van der Waals surface area contributed by atoms with Crippen LogP contribution in [-0.4, -0.2) is 5.91 Å². The van der Waals surface area contributed by atoms with Crippen LogP contribution in [0.4, 0.5) is 5.69 Å². The fourth-order valence-electron chi connectivity index (χ4n) is 1.60. The molecule has 1 N–H and O–H groups in total. The molecule has 1 amide bonds. The van der Waals surface area contributed by atoms with E-state index >= 15 is 0 Å². The van der Waals surface area contributed by atoms with Crippen molar-refractivity contribution < 1.29 is 9.21 Å². The Labute approximate surface area is 116 Å². The third-order valence-corrected chi connectivity index (χ3v) is 2.85. The molecular weight excluding hydrogens is 262 g/mol. The number of benzene rings is 1. The van der Waals surface area contributed by atoms with Gasteiger partial charge in [-0.05, 0) is 49.8 Å². The monoisotopic (exact) mass is 275 g/mol. The van der Waals surface area contributed by atoms with Crippen LogP contribution >= 0.6 is 11.6 Å². The number of hydrogen-bond donors (Lipinski definition) is 1. The Hall–Kier alpha value is -2.00. The molecule has 0 aliphatic rings. The van der Waals surface area contributed by atoms with Gasteiger partial charge >= 0.3 is 0 Å². The van der Waals surface area contributed by atoms with E-state index in [9.17, 15) is 4.79 Å². The minimum atomic E-state index is -0.223. The largest absolute Gasteiger partial charge is 0.462 e. The van der Waals surface area contributed by atoms with Crippen molar-refractivity contribution in [3.63, 3.8) is 0 Å². The number of carbonyl (C=O) groups excluding carboxylic acids is 1. The van der Waals surface area contributed by atoms with Gasteiger partial charge in [-0.15, -0.1) is 0 Å². The van der Waals surface area contributed by atoms with Gasteiger partial charge in [-0.3, -0.25) is 4.79 Å². The average Bonchev–Trinajstić information content (AvgIpc) is 2.77. The molecule has 0 bridgehead atoms. The van der Waals surface area contributed by atoms with Crippen molar-refractivity contribution in [1.82, 2.24) is 0 Å². The maximum absolute atomic E-state index is 11.8. The molecule has 0 unspecified atom stereocenters. The summed E-state index contributed by atoms with van der Waals surface area (Å²) in [4.78, 5) is 11.8. The van der Waals surface area contributed by atoms with E-state index in [1.165, 1.54) is 6.08 Å². The molecule has 0 aliphatic carbocycles. The Bertz CT molecular complexity index is 629. The van der Waals surface area contributed by atoms with Crippen molar-refractivity contribution in [1.29, 1.82) is 0 Å². The van der Waals surface area contributed by atoms with E-state index in [-0.39, 0.29) is 5.91 Å². The van der Waals surface area contributed by atoms with Crippen molar-refractivity contribution >= 4 is 29.3 Å². The van der Waals surface area contributed by atoms with E-state index in [0.29, 0.717) is 16.5 Å². The van der Waals surface area contributed by atoms with Crippen LogP contribution in [0, 0.1) is 13.8 Å². The SMILES string of the molecule is Cc1ccc(/C=C/C(=O)Nc2cc(Cl)ccc2C)o1. The first-order valence-corrected chi connectivity index (χ1v) is 6.24. The molecule has 1 aromatic heterocycles. The maximum atomic E-state index is 11.8. The Morgan fingerprint density at radius 3 is 2.74 bits per heavy atom. The highest BCUT2D eigenvalue weighted by Crippen LogP contribution is 2.20. The number of halogens is 1. The van der Waals surface area contributed by atoms with E-state index in [2.05, 4.69) is 5.32 Å². The predicted octanol–water partition coefficient (Wildman–Crippen LogP) is 4.20. The highest BCUT2D eigenvalue weighted by molar-refractivity contribution is 6.31. The molecule has 0 radical (unpaired) electrons. The molecule has 0 saturated carbocycles. The van der Waals surface area contributed by atoms with Crippen molar-refractivity contribution in [2.45, 2.75) is 13.8 Å². The molecule has 98 valence electrons. The maximum Gasteiger partial charge on any atom is 0.248 e. The summed E-state index contributed by atoms with van der Waals surface area (Å²) in [6.07, 6.45) is 3.06. The quantitative estimate of drug-likeness (QED) is 0.853. The second kappa shape index (κ2) is 5.76. The fraction of sp³-hybridized carbons (Fsp3) is 0.133. The number of nitrogens with one attached hydrogen (secondary N) is 1. The zero-order valence-corrected chi connectivity index (χ0v) is 11.5. The van der Waals surface area contributed by atoms with Crippen LogP contribution in [0.2, 0.25) is 5.02 Å². The lowest BCUT2D eigenvalue weighted by Gasteiger charge is -2.06. The van der Waals surface area contributed by atoms with E-state index in [4.69, 9.17) is 16.0 Å². The molecule has 0 atom stereocenters. The van der Waals surface area contributed by atoms with Crippen molar-refractivity contribution in [2.24, 2.45) is 0 Å². The number of anilines is 1. The third kappa shape index (κ3) is 3.73. The summed E-state index contributed by atoms with van der Waals surface area (Å²) in [6, 6.07) is 9.02. The molecule has 3 nitrogen and oxygen atoms in total.